The van der Waals surface area contributed by atoms with Crippen molar-refractivity contribution in [1.29, 1.82) is 0 Å². The van der Waals surface area contributed by atoms with Crippen molar-refractivity contribution in [3.8, 4) is 11.3 Å². The second-order valence-corrected chi connectivity index (χ2v) is 1.53. The Bertz CT molecular complexity index is 134. The van der Waals surface area contributed by atoms with Crippen LogP contribution >= 0.6 is 11.6 Å². The zero-order valence-electron chi connectivity index (χ0n) is 4.98. The Morgan fingerprint density at radius 1 is 1.78 bits per heavy atom. The lowest BCUT2D eigenvalue weighted by Crippen LogP contribution is -2.06. The molecule has 0 bridgehead atoms. The highest BCUT2D eigenvalue weighted by molar-refractivity contribution is 6.30. The lowest BCUT2D eigenvalue weighted by atomic mass is 10.3. The van der Waals surface area contributed by atoms with Gasteiger partial charge in [0.1, 0.15) is 0 Å². The van der Waals surface area contributed by atoms with Gasteiger partial charge >= 0.3 is 6.47 Å². The molecule has 0 aliphatic heterocycles. The SMILES string of the molecule is CCC(C#CCl)O[C]=O. The normalized spacial score (nSPS) is 10.9. The molecule has 1 radical (unpaired) electrons. The molecule has 0 aliphatic carbocycles. The Hall–Kier alpha value is -0.680. The van der Waals surface area contributed by atoms with Crippen molar-refractivity contribution in [2.75, 3.05) is 0 Å². The van der Waals surface area contributed by atoms with E-state index < -0.39 is 6.10 Å². The molecule has 3 heteroatoms. The van der Waals surface area contributed by atoms with Gasteiger partial charge in [-0.3, -0.25) is 0 Å². The summed E-state index contributed by atoms with van der Waals surface area (Å²) in [7, 11) is 0. The standard InChI is InChI=1S/C6H6ClO2/c1-2-6(3-4-7)9-5-8/h6H,2H2,1H3. The lowest BCUT2D eigenvalue weighted by Gasteiger charge is -2.00. The van der Waals surface area contributed by atoms with Gasteiger partial charge in [-0.15, -0.1) is 0 Å². The highest BCUT2D eigenvalue weighted by Gasteiger charge is 1.99. The third-order valence-corrected chi connectivity index (χ3v) is 0.886. The van der Waals surface area contributed by atoms with Crippen LogP contribution in [-0.4, -0.2) is 12.6 Å². The van der Waals surface area contributed by atoms with Crippen molar-refractivity contribution < 1.29 is 9.53 Å². The van der Waals surface area contributed by atoms with Crippen LogP contribution in [0.5, 0.6) is 0 Å². The van der Waals surface area contributed by atoms with Crippen LogP contribution in [0.25, 0.3) is 0 Å². The molecule has 0 saturated heterocycles. The summed E-state index contributed by atoms with van der Waals surface area (Å²) < 4.78 is 4.37. The van der Waals surface area contributed by atoms with Crippen molar-refractivity contribution in [2.45, 2.75) is 19.4 Å². The summed E-state index contributed by atoms with van der Waals surface area (Å²) in [5.41, 5.74) is 0. The highest BCUT2D eigenvalue weighted by Crippen LogP contribution is 1.92. The molecule has 0 fully saturated rings. The maximum absolute atomic E-state index is 9.59. The monoisotopic (exact) mass is 145 g/mol. The molecule has 0 aromatic heterocycles. The number of hydrogen-bond acceptors (Lipinski definition) is 2. The van der Waals surface area contributed by atoms with Gasteiger partial charge in [0.05, 0.1) is 0 Å². The smallest absolute Gasteiger partial charge is 0.418 e. The molecule has 49 valence electrons. The molecule has 0 aromatic rings. The van der Waals surface area contributed by atoms with E-state index in [2.05, 4.69) is 16.0 Å². The van der Waals surface area contributed by atoms with Crippen molar-refractivity contribution in [1.82, 2.24) is 0 Å². The second-order valence-electron chi connectivity index (χ2n) is 1.34. The maximum atomic E-state index is 9.59. The molecule has 0 amide bonds. The molecule has 9 heavy (non-hydrogen) atoms. The molecule has 0 N–H and O–H groups in total. The van der Waals surface area contributed by atoms with Crippen LogP contribution in [0.4, 0.5) is 0 Å². The quantitative estimate of drug-likeness (QED) is 0.555. The van der Waals surface area contributed by atoms with Crippen molar-refractivity contribution in [3.05, 3.63) is 0 Å². The zero-order valence-corrected chi connectivity index (χ0v) is 5.73. The van der Waals surface area contributed by atoms with Crippen molar-refractivity contribution >= 4 is 18.1 Å². The van der Waals surface area contributed by atoms with Crippen LogP contribution in [0.15, 0.2) is 0 Å². The number of ether oxygens (including phenoxy) is 1. The third kappa shape index (κ3) is 3.87. The average Bonchev–Trinajstić information content (AvgIpc) is 1.88. The highest BCUT2D eigenvalue weighted by atomic mass is 35.5. The van der Waals surface area contributed by atoms with Crippen LogP contribution in [0.1, 0.15) is 13.3 Å². The summed E-state index contributed by atoms with van der Waals surface area (Å²) in [6, 6.07) is 0. The van der Waals surface area contributed by atoms with E-state index in [0.29, 0.717) is 6.42 Å². The zero-order chi connectivity index (χ0) is 7.11. The second kappa shape index (κ2) is 5.46. The van der Waals surface area contributed by atoms with Gasteiger partial charge in [0, 0.05) is 5.38 Å². The summed E-state index contributed by atoms with van der Waals surface area (Å²) in [4.78, 5) is 9.59. The first-order chi connectivity index (χ1) is 4.35. The molecular weight excluding hydrogens is 140 g/mol. The van der Waals surface area contributed by atoms with Gasteiger partial charge in [0.2, 0.25) is 0 Å². The van der Waals surface area contributed by atoms with E-state index in [1.165, 1.54) is 6.47 Å². The minimum absolute atomic E-state index is 0.403. The molecule has 0 rings (SSSR count). The third-order valence-electron chi connectivity index (χ3n) is 0.777. The van der Waals surface area contributed by atoms with Gasteiger partial charge in [0.25, 0.3) is 0 Å². The largest absolute Gasteiger partial charge is 0.441 e. The molecule has 2 nitrogen and oxygen atoms in total. The van der Waals surface area contributed by atoms with Crippen LogP contribution in [0.3, 0.4) is 0 Å². The lowest BCUT2D eigenvalue weighted by molar-refractivity contribution is 0.223. The van der Waals surface area contributed by atoms with Crippen LogP contribution in [-0.2, 0) is 9.53 Å². The Labute approximate surface area is 59.1 Å². The molecule has 1 unspecified atom stereocenters. The predicted octanol–water partition coefficient (Wildman–Crippen LogP) is 1.05. The summed E-state index contributed by atoms with van der Waals surface area (Å²) in [5.74, 6) is 2.46. The number of carbonyl (C=O) groups excluding carboxylic acids is 1. The van der Waals surface area contributed by atoms with E-state index in [9.17, 15) is 4.79 Å². The Morgan fingerprint density at radius 2 is 2.44 bits per heavy atom. The number of halogens is 1. The first kappa shape index (κ1) is 8.32. The Kier molecular flexibility index (Phi) is 5.04. The molecule has 0 aromatic carbocycles. The van der Waals surface area contributed by atoms with Crippen molar-refractivity contribution in [3.63, 3.8) is 0 Å². The minimum atomic E-state index is -0.403. The maximum Gasteiger partial charge on any atom is 0.418 e. The fraction of sp³-hybridized carbons (Fsp3) is 0.500. The Morgan fingerprint density at radius 3 is 2.78 bits per heavy atom. The van der Waals surface area contributed by atoms with Crippen LogP contribution in [0, 0.1) is 11.3 Å². The molecular formula is C6H6ClO2. The van der Waals surface area contributed by atoms with Gasteiger partial charge in [-0.25, -0.2) is 4.79 Å². The summed E-state index contributed by atoms with van der Waals surface area (Å²) >= 11 is 5.04. The van der Waals surface area contributed by atoms with E-state index in [-0.39, 0.29) is 0 Å². The Balaban J connectivity index is 3.62. The predicted molar refractivity (Wildman–Crippen MR) is 34.5 cm³/mol. The van der Waals surface area contributed by atoms with Gasteiger partial charge < -0.3 is 4.74 Å². The molecule has 0 aliphatic rings. The molecule has 0 spiro atoms. The van der Waals surface area contributed by atoms with Gasteiger partial charge in [-0.2, -0.15) is 0 Å². The van der Waals surface area contributed by atoms with E-state index in [4.69, 9.17) is 11.6 Å². The first-order valence-electron chi connectivity index (χ1n) is 2.49. The van der Waals surface area contributed by atoms with Crippen LogP contribution < -0.4 is 0 Å². The van der Waals surface area contributed by atoms with Crippen molar-refractivity contribution in [2.24, 2.45) is 0 Å². The summed E-state index contributed by atoms with van der Waals surface area (Å²) in [6.45, 7) is 3.13. The molecule has 1 atom stereocenters. The summed E-state index contributed by atoms with van der Waals surface area (Å²) in [5, 5.41) is 2.12. The van der Waals surface area contributed by atoms with E-state index in [1.54, 1.807) is 0 Å². The number of hydrogen-bond donors (Lipinski definition) is 0. The first-order valence-corrected chi connectivity index (χ1v) is 2.86. The topological polar surface area (TPSA) is 26.3 Å². The number of rotatable bonds is 3. The van der Waals surface area contributed by atoms with E-state index >= 15 is 0 Å². The molecule has 0 heterocycles. The summed E-state index contributed by atoms with van der Waals surface area (Å²) in [6.07, 6.45) is 0.231. The van der Waals surface area contributed by atoms with Gasteiger partial charge in [-0.05, 0) is 23.9 Å². The fourth-order valence-electron chi connectivity index (χ4n) is 0.334. The van der Waals surface area contributed by atoms with Crippen LogP contribution in [0.2, 0.25) is 0 Å². The minimum Gasteiger partial charge on any atom is -0.441 e. The van der Waals surface area contributed by atoms with Gasteiger partial charge in [0.15, 0.2) is 6.10 Å². The van der Waals surface area contributed by atoms with E-state index in [0.717, 1.165) is 0 Å². The van der Waals surface area contributed by atoms with E-state index in [1.807, 2.05) is 6.92 Å². The van der Waals surface area contributed by atoms with Gasteiger partial charge in [-0.1, -0.05) is 6.92 Å². The fourth-order valence-corrected chi connectivity index (χ4v) is 0.455. The average molecular weight is 146 g/mol. The molecule has 0 saturated carbocycles.